The van der Waals surface area contributed by atoms with Crippen molar-refractivity contribution >= 4 is 16.9 Å². The Hall–Kier alpha value is -2.67. The maximum atomic E-state index is 11.9. The molecule has 0 radical (unpaired) electrons. The van der Waals surface area contributed by atoms with Gasteiger partial charge in [-0.3, -0.25) is 4.79 Å². The molecule has 0 aliphatic carbocycles. The second-order valence-electron chi connectivity index (χ2n) is 4.82. The lowest BCUT2D eigenvalue weighted by Crippen LogP contribution is -2.30. The predicted octanol–water partition coefficient (Wildman–Crippen LogP) is 1.80. The highest BCUT2D eigenvalue weighted by Crippen LogP contribution is 2.25. The molecule has 0 saturated carbocycles. The van der Waals surface area contributed by atoms with Gasteiger partial charge in [-0.25, -0.2) is 9.97 Å². The molecule has 0 aliphatic heterocycles. The summed E-state index contributed by atoms with van der Waals surface area (Å²) in [7, 11) is 0. The van der Waals surface area contributed by atoms with Crippen LogP contribution in [0.25, 0.3) is 22.3 Å². The SMILES string of the molecule is C[C@H](O)CNC(=O)c1cc(-c2ncnc3[nH]ccc23)c[nH]1.[HH].[HH].[HH]. The van der Waals surface area contributed by atoms with Crippen molar-refractivity contribution in [1.82, 2.24) is 25.3 Å². The van der Waals surface area contributed by atoms with Crippen LogP contribution in [0.4, 0.5) is 0 Å². The van der Waals surface area contributed by atoms with Crippen molar-refractivity contribution in [1.29, 1.82) is 0 Å². The van der Waals surface area contributed by atoms with E-state index in [4.69, 9.17) is 0 Å². The van der Waals surface area contributed by atoms with Crippen LogP contribution >= 0.6 is 0 Å². The Morgan fingerprint density at radius 2 is 2.33 bits per heavy atom. The molecule has 1 atom stereocenters. The number of fused-ring (bicyclic) bond motifs is 1. The van der Waals surface area contributed by atoms with E-state index in [1.165, 1.54) is 6.33 Å². The Bertz CT molecular complexity index is 787. The van der Waals surface area contributed by atoms with E-state index in [1.54, 1.807) is 25.4 Å². The van der Waals surface area contributed by atoms with Crippen molar-refractivity contribution < 1.29 is 14.2 Å². The first-order valence-corrected chi connectivity index (χ1v) is 6.58. The zero-order valence-corrected chi connectivity index (χ0v) is 11.4. The van der Waals surface area contributed by atoms with Crippen LogP contribution < -0.4 is 5.32 Å². The quantitative estimate of drug-likeness (QED) is 0.588. The second kappa shape index (κ2) is 5.37. The summed E-state index contributed by atoms with van der Waals surface area (Å²) in [5, 5.41) is 12.7. The lowest BCUT2D eigenvalue weighted by molar-refractivity contribution is 0.0919. The number of amides is 1. The van der Waals surface area contributed by atoms with E-state index < -0.39 is 6.10 Å². The number of aliphatic hydroxyl groups is 1. The lowest BCUT2D eigenvalue weighted by atomic mass is 10.1. The van der Waals surface area contributed by atoms with Gasteiger partial charge < -0.3 is 20.4 Å². The van der Waals surface area contributed by atoms with Gasteiger partial charge in [0, 0.05) is 34.2 Å². The van der Waals surface area contributed by atoms with Crippen LogP contribution in [-0.2, 0) is 0 Å². The molecule has 1 amide bonds. The summed E-state index contributed by atoms with van der Waals surface area (Å²) in [5.74, 6) is -0.262. The smallest absolute Gasteiger partial charge is 0.267 e. The van der Waals surface area contributed by atoms with Crippen LogP contribution in [0.15, 0.2) is 30.9 Å². The third kappa shape index (κ3) is 2.63. The second-order valence-corrected chi connectivity index (χ2v) is 4.82. The summed E-state index contributed by atoms with van der Waals surface area (Å²) in [6.45, 7) is 1.83. The minimum atomic E-state index is -0.579. The Morgan fingerprint density at radius 3 is 3.14 bits per heavy atom. The highest BCUT2D eigenvalue weighted by molar-refractivity contribution is 5.96. The fourth-order valence-corrected chi connectivity index (χ4v) is 2.10. The average Bonchev–Trinajstić information content (AvgIpc) is 3.12. The summed E-state index contributed by atoms with van der Waals surface area (Å²) in [4.78, 5) is 26.3. The molecule has 0 saturated heterocycles. The number of carbonyl (C=O) groups excluding carboxylic acids is 1. The van der Waals surface area contributed by atoms with Gasteiger partial charge in [-0.15, -0.1) is 0 Å². The number of aromatic nitrogens is 4. The number of rotatable bonds is 4. The summed E-state index contributed by atoms with van der Waals surface area (Å²) in [6, 6.07) is 3.62. The van der Waals surface area contributed by atoms with Gasteiger partial charge >= 0.3 is 0 Å². The monoisotopic (exact) mass is 291 g/mol. The van der Waals surface area contributed by atoms with Crippen molar-refractivity contribution in [2.75, 3.05) is 6.54 Å². The van der Waals surface area contributed by atoms with E-state index >= 15 is 0 Å². The van der Waals surface area contributed by atoms with E-state index in [0.717, 1.165) is 22.3 Å². The van der Waals surface area contributed by atoms with Gasteiger partial charge in [-0.1, -0.05) is 0 Å². The molecule has 3 aromatic rings. The fraction of sp³-hybridized carbons (Fsp3) is 0.214. The number of H-pyrrole nitrogens is 2. The van der Waals surface area contributed by atoms with Gasteiger partial charge in [0.1, 0.15) is 17.7 Å². The van der Waals surface area contributed by atoms with E-state index in [9.17, 15) is 9.90 Å². The molecular weight excluding hydrogens is 270 g/mol. The molecule has 3 heterocycles. The van der Waals surface area contributed by atoms with E-state index in [2.05, 4.69) is 25.3 Å². The zero-order chi connectivity index (χ0) is 14.8. The van der Waals surface area contributed by atoms with Crippen LogP contribution in [0.3, 0.4) is 0 Å². The van der Waals surface area contributed by atoms with Crippen LogP contribution in [0, 0.1) is 0 Å². The molecule has 7 nitrogen and oxygen atoms in total. The molecule has 0 unspecified atom stereocenters. The summed E-state index contributed by atoms with van der Waals surface area (Å²) < 4.78 is 0. The molecular formula is C14H21N5O2. The molecule has 114 valence electrons. The number of nitrogens with zero attached hydrogens (tertiary/aromatic N) is 2. The van der Waals surface area contributed by atoms with Crippen molar-refractivity contribution in [2.24, 2.45) is 0 Å². The van der Waals surface area contributed by atoms with E-state index in [0.29, 0.717) is 5.69 Å². The van der Waals surface area contributed by atoms with E-state index in [-0.39, 0.29) is 16.7 Å². The third-order valence-corrected chi connectivity index (χ3v) is 3.11. The van der Waals surface area contributed by atoms with E-state index in [1.807, 2.05) is 6.07 Å². The van der Waals surface area contributed by atoms with Crippen molar-refractivity contribution in [3.8, 4) is 11.3 Å². The number of hydrogen-bond acceptors (Lipinski definition) is 4. The molecule has 0 spiro atoms. The number of hydrogen-bond donors (Lipinski definition) is 4. The van der Waals surface area contributed by atoms with Gasteiger partial charge in [0.05, 0.1) is 11.8 Å². The summed E-state index contributed by atoms with van der Waals surface area (Å²) in [6.07, 6.45) is 4.43. The molecule has 0 fully saturated rings. The van der Waals surface area contributed by atoms with Crippen LogP contribution in [0.1, 0.15) is 21.7 Å². The first kappa shape index (κ1) is 13.3. The summed E-state index contributed by atoms with van der Waals surface area (Å²) in [5.41, 5.74) is 2.74. The van der Waals surface area contributed by atoms with Gasteiger partial charge in [0.2, 0.25) is 0 Å². The first-order valence-electron chi connectivity index (χ1n) is 6.58. The van der Waals surface area contributed by atoms with Gasteiger partial charge in [0.15, 0.2) is 0 Å². The molecule has 3 rings (SSSR count). The van der Waals surface area contributed by atoms with Crippen LogP contribution in [0.2, 0.25) is 0 Å². The Kier molecular flexibility index (Phi) is 3.41. The number of aliphatic hydroxyl groups excluding tert-OH is 1. The topological polar surface area (TPSA) is 107 Å². The summed E-state index contributed by atoms with van der Waals surface area (Å²) >= 11 is 0. The first-order chi connectivity index (χ1) is 10.1. The lowest BCUT2D eigenvalue weighted by Gasteiger charge is -2.05. The third-order valence-electron chi connectivity index (χ3n) is 3.11. The van der Waals surface area contributed by atoms with Crippen LogP contribution in [0.5, 0.6) is 0 Å². The Morgan fingerprint density at radius 1 is 1.48 bits per heavy atom. The normalized spacial score (nSPS) is 12.5. The van der Waals surface area contributed by atoms with Gasteiger partial charge in [0.25, 0.3) is 5.91 Å². The largest absolute Gasteiger partial charge is 0.392 e. The minimum Gasteiger partial charge on any atom is -0.392 e. The van der Waals surface area contributed by atoms with Crippen LogP contribution in [-0.4, -0.2) is 43.6 Å². The number of carbonyl (C=O) groups is 1. The van der Waals surface area contributed by atoms with Gasteiger partial charge in [-0.05, 0) is 19.1 Å². The van der Waals surface area contributed by atoms with Crippen molar-refractivity contribution in [2.45, 2.75) is 13.0 Å². The molecule has 4 N–H and O–H groups in total. The standard InChI is InChI=1S/C14H15N5O2.3H2/c1-8(20)5-17-14(21)11-4-9(6-16-11)12-10-2-3-15-13(10)19-7-18-12;;;/h2-4,6-8,16,20H,5H2,1H3,(H,17,21)(H,15,18,19);3*1H/t8-;;;/m0.../s1. The minimum absolute atomic E-state index is 0. The molecule has 0 aromatic carbocycles. The van der Waals surface area contributed by atoms with Crippen molar-refractivity contribution in [3.05, 3.63) is 36.5 Å². The number of nitrogens with one attached hydrogen (secondary N) is 3. The highest BCUT2D eigenvalue weighted by Gasteiger charge is 2.13. The maximum absolute atomic E-state index is 11.9. The average molecular weight is 291 g/mol. The maximum Gasteiger partial charge on any atom is 0.267 e. The molecule has 21 heavy (non-hydrogen) atoms. The molecule has 3 aromatic heterocycles. The Labute approximate surface area is 124 Å². The molecule has 7 heteroatoms. The Balaban J connectivity index is 0.00000176. The number of aromatic amines is 2. The molecule has 0 aliphatic rings. The molecule has 0 bridgehead atoms. The van der Waals surface area contributed by atoms with Gasteiger partial charge in [-0.2, -0.15) is 0 Å². The zero-order valence-electron chi connectivity index (χ0n) is 11.4. The highest BCUT2D eigenvalue weighted by atomic mass is 16.3. The predicted molar refractivity (Wildman–Crippen MR) is 84.0 cm³/mol. The van der Waals surface area contributed by atoms with Crippen molar-refractivity contribution in [3.63, 3.8) is 0 Å². The fourth-order valence-electron chi connectivity index (χ4n) is 2.10.